The first-order chi connectivity index (χ1) is 8.69. The number of hydrogen-bond acceptors (Lipinski definition) is 2. The quantitative estimate of drug-likeness (QED) is 0.357. The number of nitrogens with one attached hydrogen (secondary N) is 1. The van der Waals surface area contributed by atoms with Gasteiger partial charge < -0.3 is 5.11 Å². The zero-order valence-corrected chi connectivity index (χ0v) is 11.4. The van der Waals surface area contributed by atoms with E-state index < -0.39 is 6.23 Å². The van der Waals surface area contributed by atoms with E-state index in [2.05, 4.69) is 31.0 Å². The van der Waals surface area contributed by atoms with Crippen LogP contribution >= 0.6 is 0 Å². The molecular formula is C15H26FNO. The summed E-state index contributed by atoms with van der Waals surface area (Å²) in [5, 5.41) is 13.0. The van der Waals surface area contributed by atoms with Gasteiger partial charge in [0.2, 0.25) is 0 Å². The van der Waals surface area contributed by atoms with Gasteiger partial charge in [-0.3, -0.25) is 9.71 Å². The second-order valence-corrected chi connectivity index (χ2v) is 5.10. The highest BCUT2D eigenvalue weighted by atomic mass is 19.1. The lowest BCUT2D eigenvalue weighted by Gasteiger charge is -2.20. The highest BCUT2D eigenvalue weighted by Crippen LogP contribution is 2.36. The van der Waals surface area contributed by atoms with E-state index in [1.54, 1.807) is 0 Å². The van der Waals surface area contributed by atoms with Crippen molar-refractivity contribution in [2.75, 3.05) is 13.2 Å². The SMILES string of the molecule is C=C(/C=C\C(CCC)C(O)NCCCF)C1CC1. The van der Waals surface area contributed by atoms with E-state index in [1.165, 1.54) is 18.4 Å². The van der Waals surface area contributed by atoms with Crippen molar-refractivity contribution in [1.29, 1.82) is 0 Å². The monoisotopic (exact) mass is 255 g/mol. The van der Waals surface area contributed by atoms with Crippen LogP contribution in [0.25, 0.3) is 0 Å². The smallest absolute Gasteiger partial charge is 0.111 e. The van der Waals surface area contributed by atoms with Crippen molar-refractivity contribution in [3.8, 4) is 0 Å². The Kier molecular flexibility index (Phi) is 7.21. The zero-order valence-electron chi connectivity index (χ0n) is 11.4. The summed E-state index contributed by atoms with van der Waals surface area (Å²) in [6.07, 6.45) is 8.42. The third kappa shape index (κ3) is 5.78. The minimum Gasteiger partial charge on any atom is -0.378 e. The van der Waals surface area contributed by atoms with Gasteiger partial charge >= 0.3 is 0 Å². The molecule has 2 atom stereocenters. The molecule has 0 aromatic rings. The van der Waals surface area contributed by atoms with Gasteiger partial charge in [-0.05, 0) is 38.1 Å². The minimum atomic E-state index is -0.584. The predicted molar refractivity (Wildman–Crippen MR) is 74.0 cm³/mol. The van der Waals surface area contributed by atoms with Crippen LogP contribution in [0.15, 0.2) is 24.3 Å². The summed E-state index contributed by atoms with van der Waals surface area (Å²) < 4.78 is 12.0. The Morgan fingerprint density at radius 1 is 1.56 bits per heavy atom. The molecule has 0 spiro atoms. The highest BCUT2D eigenvalue weighted by Gasteiger charge is 2.23. The van der Waals surface area contributed by atoms with Gasteiger partial charge in [0.05, 0.1) is 6.67 Å². The first-order valence-electron chi connectivity index (χ1n) is 7.03. The Hall–Kier alpha value is -0.670. The summed E-state index contributed by atoms with van der Waals surface area (Å²) in [5.74, 6) is 0.755. The molecule has 2 unspecified atom stereocenters. The first kappa shape index (κ1) is 15.4. The standard InChI is InChI=1S/C15H26FNO/c1-3-5-14(15(18)17-11-4-10-16)7-6-12(2)13-8-9-13/h6-7,13-15,17-18H,2-5,8-11H2,1H3/b7-6-. The normalized spacial score (nSPS) is 19.1. The predicted octanol–water partition coefficient (Wildman–Crippen LogP) is 3.19. The molecule has 2 nitrogen and oxygen atoms in total. The fourth-order valence-electron chi connectivity index (χ4n) is 2.00. The van der Waals surface area contributed by atoms with E-state index >= 15 is 0 Å². The largest absolute Gasteiger partial charge is 0.378 e. The van der Waals surface area contributed by atoms with Gasteiger partial charge in [-0.2, -0.15) is 0 Å². The second-order valence-electron chi connectivity index (χ2n) is 5.10. The maximum absolute atomic E-state index is 12.0. The molecular weight excluding hydrogens is 229 g/mol. The van der Waals surface area contributed by atoms with Crippen molar-refractivity contribution in [2.45, 2.75) is 45.3 Å². The van der Waals surface area contributed by atoms with Crippen LogP contribution in [0.4, 0.5) is 4.39 Å². The summed E-state index contributed by atoms with van der Waals surface area (Å²) in [5.41, 5.74) is 1.17. The third-order valence-corrected chi connectivity index (χ3v) is 3.35. The molecule has 1 fully saturated rings. The first-order valence-corrected chi connectivity index (χ1v) is 7.03. The number of allylic oxidation sites excluding steroid dienone is 2. The van der Waals surface area contributed by atoms with Gasteiger partial charge in [-0.1, -0.05) is 37.6 Å². The molecule has 0 amide bonds. The van der Waals surface area contributed by atoms with Gasteiger partial charge in [-0.15, -0.1) is 0 Å². The van der Waals surface area contributed by atoms with Crippen LogP contribution in [-0.2, 0) is 0 Å². The van der Waals surface area contributed by atoms with Crippen molar-refractivity contribution in [3.05, 3.63) is 24.3 Å². The Morgan fingerprint density at radius 3 is 2.83 bits per heavy atom. The summed E-state index contributed by atoms with van der Waals surface area (Å²) in [6, 6.07) is 0. The van der Waals surface area contributed by atoms with E-state index in [4.69, 9.17) is 0 Å². The minimum absolute atomic E-state index is 0.0881. The van der Waals surface area contributed by atoms with Gasteiger partial charge in [-0.25, -0.2) is 0 Å². The van der Waals surface area contributed by atoms with Crippen LogP contribution in [0.3, 0.4) is 0 Å². The highest BCUT2D eigenvalue weighted by molar-refractivity contribution is 5.22. The molecule has 0 aliphatic heterocycles. The van der Waals surface area contributed by atoms with Crippen molar-refractivity contribution in [1.82, 2.24) is 5.32 Å². The van der Waals surface area contributed by atoms with Crippen LogP contribution in [-0.4, -0.2) is 24.6 Å². The van der Waals surface area contributed by atoms with Crippen LogP contribution in [0.1, 0.15) is 39.0 Å². The molecule has 1 rings (SSSR count). The lowest BCUT2D eigenvalue weighted by Crippen LogP contribution is -2.36. The van der Waals surface area contributed by atoms with Crippen molar-refractivity contribution in [3.63, 3.8) is 0 Å². The summed E-state index contributed by atoms with van der Waals surface area (Å²) in [4.78, 5) is 0. The Bertz CT molecular complexity index is 274. The van der Waals surface area contributed by atoms with Crippen LogP contribution in [0, 0.1) is 11.8 Å². The van der Waals surface area contributed by atoms with E-state index in [-0.39, 0.29) is 12.6 Å². The molecule has 0 bridgehead atoms. The van der Waals surface area contributed by atoms with Gasteiger partial charge in [0.25, 0.3) is 0 Å². The molecule has 0 radical (unpaired) electrons. The van der Waals surface area contributed by atoms with E-state index in [9.17, 15) is 9.50 Å². The van der Waals surface area contributed by atoms with Gasteiger partial charge in [0.15, 0.2) is 0 Å². The van der Waals surface area contributed by atoms with E-state index in [0.717, 1.165) is 12.8 Å². The molecule has 1 aliphatic carbocycles. The number of alkyl halides is 1. The molecule has 18 heavy (non-hydrogen) atoms. The molecule has 104 valence electrons. The topological polar surface area (TPSA) is 32.3 Å². The van der Waals surface area contributed by atoms with Gasteiger partial charge in [0.1, 0.15) is 6.23 Å². The Balaban J connectivity index is 2.38. The number of halogens is 1. The van der Waals surface area contributed by atoms with Crippen LogP contribution in [0.2, 0.25) is 0 Å². The molecule has 0 aromatic heterocycles. The van der Waals surface area contributed by atoms with Crippen molar-refractivity contribution in [2.24, 2.45) is 11.8 Å². The maximum Gasteiger partial charge on any atom is 0.111 e. The number of rotatable bonds is 10. The molecule has 1 aliphatic rings. The Morgan fingerprint density at radius 2 is 2.28 bits per heavy atom. The lowest BCUT2D eigenvalue weighted by molar-refractivity contribution is 0.0900. The second kappa shape index (κ2) is 8.44. The zero-order chi connectivity index (χ0) is 13.4. The van der Waals surface area contributed by atoms with E-state index in [1.807, 2.05) is 0 Å². The van der Waals surface area contributed by atoms with Crippen molar-refractivity contribution < 1.29 is 9.50 Å². The maximum atomic E-state index is 12.0. The number of hydrogen-bond donors (Lipinski definition) is 2. The Labute approximate surface area is 110 Å². The lowest BCUT2D eigenvalue weighted by atomic mass is 9.99. The summed E-state index contributed by atoms with van der Waals surface area (Å²) in [7, 11) is 0. The fraction of sp³-hybridized carbons (Fsp3) is 0.733. The van der Waals surface area contributed by atoms with Crippen LogP contribution in [0.5, 0.6) is 0 Å². The third-order valence-electron chi connectivity index (χ3n) is 3.35. The molecule has 0 aromatic carbocycles. The average Bonchev–Trinajstić information content (AvgIpc) is 3.18. The van der Waals surface area contributed by atoms with E-state index in [0.29, 0.717) is 18.9 Å². The molecule has 0 heterocycles. The molecule has 1 saturated carbocycles. The number of aliphatic hydroxyl groups is 1. The van der Waals surface area contributed by atoms with Crippen LogP contribution < -0.4 is 5.32 Å². The number of aliphatic hydroxyl groups excluding tert-OH is 1. The summed E-state index contributed by atoms with van der Waals surface area (Å²) in [6.45, 7) is 6.33. The average molecular weight is 255 g/mol. The molecule has 3 heteroatoms. The summed E-state index contributed by atoms with van der Waals surface area (Å²) >= 11 is 0. The molecule has 2 N–H and O–H groups in total. The fourth-order valence-corrected chi connectivity index (χ4v) is 2.00. The molecule has 0 saturated heterocycles. The van der Waals surface area contributed by atoms with Gasteiger partial charge in [0, 0.05) is 5.92 Å². The van der Waals surface area contributed by atoms with Crippen molar-refractivity contribution >= 4 is 0 Å².